The number of nitrogens with zero attached hydrogens (tertiary/aromatic N) is 4. The highest BCUT2D eigenvalue weighted by Crippen LogP contribution is 2.33. The molecule has 3 aromatic rings. The lowest BCUT2D eigenvalue weighted by Gasteiger charge is -2.34. The van der Waals surface area contributed by atoms with E-state index in [1.54, 1.807) is 17.5 Å². The second-order valence-corrected chi connectivity index (χ2v) is 7.35. The third kappa shape index (κ3) is 2.76. The minimum Gasteiger partial charge on any atom is -0.315 e. The van der Waals surface area contributed by atoms with Crippen LogP contribution in [0.3, 0.4) is 0 Å². The van der Waals surface area contributed by atoms with Gasteiger partial charge in [-0.15, -0.1) is 11.3 Å². The highest BCUT2D eigenvalue weighted by molar-refractivity contribution is 7.09. The largest absolute Gasteiger partial charge is 0.322 e. The van der Waals surface area contributed by atoms with E-state index in [1.807, 2.05) is 29.3 Å². The molecule has 1 saturated heterocycles. The van der Waals surface area contributed by atoms with E-state index in [9.17, 15) is 4.79 Å². The second kappa shape index (κ2) is 6.45. The summed E-state index contributed by atoms with van der Waals surface area (Å²) < 4.78 is 8.59. The van der Waals surface area contributed by atoms with E-state index in [-0.39, 0.29) is 12.1 Å². The number of urea groups is 1. The Kier molecular flexibility index (Phi) is 4.15. The van der Waals surface area contributed by atoms with Gasteiger partial charge in [0.15, 0.2) is 0 Å². The van der Waals surface area contributed by atoms with E-state index in [0.29, 0.717) is 0 Å². The number of aryl methyl sites for hydroxylation is 1. The molecular weight excluding hydrogens is 342 g/mol. The van der Waals surface area contributed by atoms with Crippen molar-refractivity contribution in [3.63, 3.8) is 0 Å². The first-order chi connectivity index (χ1) is 11.7. The summed E-state index contributed by atoms with van der Waals surface area (Å²) in [4.78, 5) is 19.3. The Hall–Kier alpha value is -2.06. The van der Waals surface area contributed by atoms with Gasteiger partial charge in [0.25, 0.3) is 0 Å². The number of benzene rings is 1. The molecule has 24 heavy (non-hydrogen) atoms. The lowest BCUT2D eigenvalue weighted by atomic mass is 10.0. The van der Waals surface area contributed by atoms with Gasteiger partial charge in [0, 0.05) is 18.1 Å². The number of thiazole rings is 1. The van der Waals surface area contributed by atoms with Gasteiger partial charge >= 0.3 is 6.03 Å². The first-order valence-corrected chi connectivity index (χ1v) is 9.54. The maximum absolute atomic E-state index is 12.9. The van der Waals surface area contributed by atoms with E-state index >= 15 is 0 Å². The molecule has 1 fully saturated rings. The van der Waals surface area contributed by atoms with Crippen LogP contribution in [0.15, 0.2) is 23.7 Å². The first kappa shape index (κ1) is 15.5. The quantitative estimate of drug-likeness (QED) is 0.744. The van der Waals surface area contributed by atoms with Gasteiger partial charge in [-0.05, 0) is 37.8 Å². The molecule has 0 radical (unpaired) electrons. The summed E-state index contributed by atoms with van der Waals surface area (Å²) in [6, 6.07) is 3.88. The standard InChI is InChI=1S/C16H17N5OS2/c1-10-5-6-11-14(20-24-19-11)13(10)18-16(22)21-8-3-2-4-12(21)15-17-7-9-23-15/h5-7,9,12H,2-4,8H2,1H3,(H,18,22). The zero-order valence-electron chi connectivity index (χ0n) is 13.2. The minimum atomic E-state index is -0.0847. The van der Waals surface area contributed by atoms with Crippen molar-refractivity contribution in [1.82, 2.24) is 18.6 Å². The summed E-state index contributed by atoms with van der Waals surface area (Å²) in [5.41, 5.74) is 3.33. The van der Waals surface area contributed by atoms with Crippen molar-refractivity contribution in [1.29, 1.82) is 0 Å². The van der Waals surface area contributed by atoms with Crippen molar-refractivity contribution < 1.29 is 4.79 Å². The van der Waals surface area contributed by atoms with Crippen LogP contribution in [0.1, 0.15) is 35.9 Å². The zero-order chi connectivity index (χ0) is 16.5. The van der Waals surface area contributed by atoms with Gasteiger partial charge in [-0.2, -0.15) is 8.75 Å². The van der Waals surface area contributed by atoms with Crippen LogP contribution in [0.2, 0.25) is 0 Å². The van der Waals surface area contributed by atoms with Gasteiger partial charge in [-0.1, -0.05) is 6.07 Å². The molecule has 4 rings (SSSR count). The number of likely N-dealkylation sites (tertiary alicyclic amines) is 1. The molecule has 1 N–H and O–H groups in total. The maximum atomic E-state index is 12.9. The summed E-state index contributed by atoms with van der Waals surface area (Å²) in [5, 5.41) is 6.04. The van der Waals surface area contributed by atoms with E-state index in [0.717, 1.165) is 64.8 Å². The first-order valence-electron chi connectivity index (χ1n) is 7.93. The Morgan fingerprint density at radius 2 is 2.25 bits per heavy atom. The van der Waals surface area contributed by atoms with Gasteiger partial charge in [-0.3, -0.25) is 0 Å². The third-order valence-electron chi connectivity index (χ3n) is 4.37. The van der Waals surface area contributed by atoms with Crippen LogP contribution < -0.4 is 5.32 Å². The van der Waals surface area contributed by atoms with Gasteiger partial charge in [-0.25, -0.2) is 9.78 Å². The number of carbonyl (C=O) groups excluding carboxylic acids is 1. The average Bonchev–Trinajstić information content (AvgIpc) is 3.28. The lowest BCUT2D eigenvalue weighted by molar-refractivity contribution is 0.163. The molecule has 3 heterocycles. The topological polar surface area (TPSA) is 71.0 Å². The van der Waals surface area contributed by atoms with Crippen LogP contribution in [-0.2, 0) is 0 Å². The van der Waals surface area contributed by atoms with Crippen molar-refractivity contribution in [3.05, 3.63) is 34.3 Å². The molecule has 2 aromatic heterocycles. The molecule has 124 valence electrons. The van der Waals surface area contributed by atoms with Crippen LogP contribution in [0.4, 0.5) is 10.5 Å². The molecule has 0 bridgehead atoms. The maximum Gasteiger partial charge on any atom is 0.322 e. The fourth-order valence-electron chi connectivity index (χ4n) is 3.12. The molecule has 6 nitrogen and oxygen atoms in total. The van der Waals surface area contributed by atoms with Gasteiger partial charge in [0.2, 0.25) is 0 Å². The van der Waals surface area contributed by atoms with Crippen LogP contribution in [0.5, 0.6) is 0 Å². The highest BCUT2D eigenvalue weighted by atomic mass is 32.1. The van der Waals surface area contributed by atoms with Crippen molar-refractivity contribution in [3.8, 4) is 0 Å². The van der Waals surface area contributed by atoms with Crippen LogP contribution in [0, 0.1) is 6.92 Å². The van der Waals surface area contributed by atoms with Crippen molar-refractivity contribution in [2.75, 3.05) is 11.9 Å². The van der Waals surface area contributed by atoms with Crippen LogP contribution in [-0.4, -0.2) is 31.2 Å². The molecule has 1 aromatic carbocycles. The Bertz CT molecular complexity index is 861. The smallest absolute Gasteiger partial charge is 0.315 e. The molecule has 2 amide bonds. The van der Waals surface area contributed by atoms with E-state index in [4.69, 9.17) is 0 Å². The Morgan fingerprint density at radius 3 is 3.08 bits per heavy atom. The number of nitrogens with one attached hydrogen (secondary N) is 1. The van der Waals surface area contributed by atoms with Crippen LogP contribution >= 0.6 is 23.1 Å². The lowest BCUT2D eigenvalue weighted by Crippen LogP contribution is -2.41. The SMILES string of the molecule is Cc1ccc2nsnc2c1NC(=O)N1CCCCC1c1nccs1. The average molecular weight is 359 g/mol. The number of aromatic nitrogens is 3. The van der Waals surface area contributed by atoms with Crippen molar-refractivity contribution >= 4 is 45.8 Å². The van der Waals surface area contributed by atoms with Gasteiger partial charge < -0.3 is 10.2 Å². The monoisotopic (exact) mass is 359 g/mol. The molecule has 0 saturated carbocycles. The number of hydrogen-bond acceptors (Lipinski definition) is 6. The van der Waals surface area contributed by atoms with Crippen molar-refractivity contribution in [2.24, 2.45) is 0 Å². The number of rotatable bonds is 2. The fraction of sp³-hybridized carbons (Fsp3) is 0.375. The highest BCUT2D eigenvalue weighted by Gasteiger charge is 2.30. The minimum absolute atomic E-state index is 0.0619. The zero-order valence-corrected chi connectivity index (χ0v) is 14.9. The molecule has 1 aliphatic heterocycles. The van der Waals surface area contributed by atoms with E-state index < -0.39 is 0 Å². The Morgan fingerprint density at radius 1 is 1.33 bits per heavy atom. The van der Waals surface area contributed by atoms with E-state index in [1.165, 1.54) is 0 Å². The summed E-state index contributed by atoms with van der Waals surface area (Å²) in [5.74, 6) is 0. The number of fused-ring (bicyclic) bond motifs is 1. The second-order valence-electron chi connectivity index (χ2n) is 5.89. The third-order valence-corrected chi connectivity index (χ3v) is 5.79. The van der Waals surface area contributed by atoms with Gasteiger partial charge in [0.05, 0.1) is 23.5 Å². The predicted octanol–water partition coefficient (Wildman–Crippen LogP) is 4.22. The summed E-state index contributed by atoms with van der Waals surface area (Å²) in [6.45, 7) is 2.73. The molecule has 1 atom stereocenters. The summed E-state index contributed by atoms with van der Waals surface area (Å²) in [6.07, 6.45) is 4.91. The normalized spacial score (nSPS) is 18.0. The summed E-state index contributed by atoms with van der Waals surface area (Å²) in [7, 11) is 0. The van der Waals surface area contributed by atoms with Crippen LogP contribution in [0.25, 0.3) is 11.0 Å². The molecule has 8 heteroatoms. The Labute approximate surface area is 147 Å². The van der Waals surface area contributed by atoms with Crippen molar-refractivity contribution in [2.45, 2.75) is 32.2 Å². The Balaban J connectivity index is 1.62. The molecular formula is C16H17N5OS2. The number of piperidine rings is 1. The number of anilines is 1. The molecule has 1 aliphatic rings. The molecule has 1 unspecified atom stereocenters. The van der Waals surface area contributed by atoms with Gasteiger partial charge in [0.1, 0.15) is 16.0 Å². The molecule has 0 spiro atoms. The predicted molar refractivity (Wildman–Crippen MR) is 96.6 cm³/mol. The fourth-order valence-corrected chi connectivity index (χ4v) is 4.45. The number of carbonyl (C=O) groups is 1. The number of hydrogen-bond donors (Lipinski definition) is 1. The summed E-state index contributed by atoms with van der Waals surface area (Å²) >= 11 is 2.77. The molecule has 0 aliphatic carbocycles. The van der Waals surface area contributed by atoms with E-state index in [2.05, 4.69) is 19.0 Å². The number of amides is 2.